The predicted octanol–water partition coefficient (Wildman–Crippen LogP) is 4.60. The molecule has 0 spiro atoms. The maximum Gasteiger partial charge on any atom is 0.235 e. The second-order valence-corrected chi connectivity index (χ2v) is 10.3. The molecule has 4 aromatic rings. The number of nitrogens with zero attached hydrogens (tertiary/aromatic N) is 6. The summed E-state index contributed by atoms with van der Waals surface area (Å²) in [5.74, 6) is 1.49. The van der Waals surface area contributed by atoms with Gasteiger partial charge in [-0.3, -0.25) is 0 Å². The van der Waals surface area contributed by atoms with Crippen LogP contribution in [0.1, 0.15) is 37.2 Å². The molecule has 0 unspecified atom stereocenters. The first-order valence-electron chi connectivity index (χ1n) is 8.15. The molecule has 0 radical (unpaired) electrons. The van der Waals surface area contributed by atoms with Crippen LogP contribution in [0.3, 0.4) is 0 Å². The standard InChI is InChI=1S/C17H18N6S3/c1-10-18-21-16(25-10)24-9-13-19-20-15-23(13)22-14(26-15)11-5-7-12(8-6-11)17(2,3)4/h5-8H,9H2,1-4H3. The third kappa shape index (κ3) is 3.51. The Bertz CT molecular complexity index is 1040. The Morgan fingerprint density at radius 3 is 2.42 bits per heavy atom. The molecule has 0 amide bonds. The highest BCUT2D eigenvalue weighted by atomic mass is 32.2. The zero-order valence-corrected chi connectivity index (χ0v) is 17.4. The Hall–Kier alpha value is -1.84. The lowest BCUT2D eigenvalue weighted by atomic mass is 9.87. The van der Waals surface area contributed by atoms with Crippen molar-refractivity contribution in [3.63, 3.8) is 0 Å². The van der Waals surface area contributed by atoms with E-state index in [1.165, 1.54) is 5.56 Å². The lowest BCUT2D eigenvalue weighted by Crippen LogP contribution is -2.10. The number of hydrogen-bond donors (Lipinski definition) is 0. The fourth-order valence-electron chi connectivity index (χ4n) is 2.44. The second kappa shape index (κ2) is 6.71. The van der Waals surface area contributed by atoms with Crippen LogP contribution in [-0.2, 0) is 11.2 Å². The SMILES string of the molecule is Cc1nnc(SCc2nnc3sc(-c4ccc(C(C)(C)C)cc4)nn23)s1. The highest BCUT2D eigenvalue weighted by Crippen LogP contribution is 2.30. The number of aryl methyl sites for hydroxylation is 1. The number of thioether (sulfide) groups is 1. The Labute approximate surface area is 163 Å². The summed E-state index contributed by atoms with van der Waals surface area (Å²) in [6, 6.07) is 8.61. The molecule has 0 N–H and O–H groups in total. The lowest BCUT2D eigenvalue weighted by molar-refractivity contribution is 0.590. The van der Waals surface area contributed by atoms with Gasteiger partial charge in [0.2, 0.25) is 4.96 Å². The number of benzene rings is 1. The average Bonchev–Trinajstić information content (AvgIpc) is 3.28. The summed E-state index contributed by atoms with van der Waals surface area (Å²) in [4.78, 5) is 0.809. The molecule has 0 aliphatic carbocycles. The first-order chi connectivity index (χ1) is 12.4. The third-order valence-electron chi connectivity index (χ3n) is 3.89. The van der Waals surface area contributed by atoms with Gasteiger partial charge in [0.25, 0.3) is 0 Å². The summed E-state index contributed by atoms with van der Waals surface area (Å²) in [5, 5.41) is 23.3. The molecule has 1 aromatic carbocycles. The molecule has 3 aromatic heterocycles. The quantitative estimate of drug-likeness (QED) is 0.465. The fraction of sp³-hybridized carbons (Fsp3) is 0.353. The molecule has 0 atom stereocenters. The van der Waals surface area contributed by atoms with Gasteiger partial charge in [-0.15, -0.1) is 20.4 Å². The Morgan fingerprint density at radius 2 is 1.77 bits per heavy atom. The highest BCUT2D eigenvalue weighted by Gasteiger charge is 2.16. The summed E-state index contributed by atoms with van der Waals surface area (Å²) in [6.07, 6.45) is 0. The van der Waals surface area contributed by atoms with Crippen LogP contribution >= 0.6 is 34.4 Å². The molecule has 0 saturated carbocycles. The smallest absolute Gasteiger partial charge is 0.186 e. The minimum absolute atomic E-state index is 0.146. The van der Waals surface area contributed by atoms with Crippen molar-refractivity contribution in [2.45, 2.75) is 43.2 Å². The topological polar surface area (TPSA) is 68.9 Å². The van der Waals surface area contributed by atoms with Gasteiger partial charge in [0.1, 0.15) is 10.0 Å². The van der Waals surface area contributed by atoms with Crippen LogP contribution in [0.15, 0.2) is 28.6 Å². The summed E-state index contributed by atoms with van der Waals surface area (Å²) < 4.78 is 2.77. The summed E-state index contributed by atoms with van der Waals surface area (Å²) in [7, 11) is 0. The first kappa shape index (κ1) is 17.6. The second-order valence-electron chi connectivity index (χ2n) is 6.92. The van der Waals surface area contributed by atoms with Crippen LogP contribution in [0, 0.1) is 6.92 Å². The molecule has 9 heteroatoms. The van der Waals surface area contributed by atoms with Crippen molar-refractivity contribution in [1.29, 1.82) is 0 Å². The number of rotatable bonds is 4. The number of aromatic nitrogens is 6. The van der Waals surface area contributed by atoms with E-state index in [1.54, 1.807) is 34.4 Å². The van der Waals surface area contributed by atoms with E-state index in [0.717, 1.165) is 30.7 Å². The summed E-state index contributed by atoms with van der Waals surface area (Å²) in [5.41, 5.74) is 2.56. The van der Waals surface area contributed by atoms with Crippen molar-refractivity contribution in [2.24, 2.45) is 0 Å². The fourth-order valence-corrected chi connectivity index (χ4v) is 5.03. The van der Waals surface area contributed by atoms with Crippen molar-refractivity contribution >= 4 is 39.4 Å². The largest absolute Gasteiger partial charge is 0.235 e. The molecule has 0 bridgehead atoms. The maximum absolute atomic E-state index is 4.72. The molecule has 0 aliphatic rings. The minimum Gasteiger partial charge on any atom is -0.186 e. The third-order valence-corrected chi connectivity index (χ3v) is 6.80. The highest BCUT2D eigenvalue weighted by molar-refractivity contribution is 8.00. The van der Waals surface area contributed by atoms with Crippen molar-refractivity contribution in [3.8, 4) is 10.6 Å². The van der Waals surface area contributed by atoms with E-state index in [4.69, 9.17) is 5.10 Å². The number of hydrogen-bond acceptors (Lipinski definition) is 8. The van der Waals surface area contributed by atoms with E-state index < -0.39 is 0 Å². The van der Waals surface area contributed by atoms with E-state index in [0.29, 0.717) is 5.75 Å². The first-order valence-corrected chi connectivity index (χ1v) is 10.8. The molecule has 134 valence electrons. The van der Waals surface area contributed by atoms with E-state index in [1.807, 2.05) is 11.4 Å². The van der Waals surface area contributed by atoms with Gasteiger partial charge in [0.05, 0.1) is 5.75 Å². The van der Waals surface area contributed by atoms with Crippen LogP contribution in [0.25, 0.3) is 15.5 Å². The van der Waals surface area contributed by atoms with Gasteiger partial charge < -0.3 is 0 Å². The number of fused-ring (bicyclic) bond motifs is 1. The van der Waals surface area contributed by atoms with Gasteiger partial charge in [-0.25, -0.2) is 0 Å². The molecule has 0 fully saturated rings. The lowest BCUT2D eigenvalue weighted by Gasteiger charge is -2.18. The van der Waals surface area contributed by atoms with E-state index in [2.05, 4.69) is 65.4 Å². The van der Waals surface area contributed by atoms with Gasteiger partial charge in [-0.1, -0.05) is 79.5 Å². The van der Waals surface area contributed by atoms with Crippen molar-refractivity contribution in [3.05, 3.63) is 40.7 Å². The molecule has 3 heterocycles. The van der Waals surface area contributed by atoms with E-state index in [9.17, 15) is 0 Å². The van der Waals surface area contributed by atoms with E-state index >= 15 is 0 Å². The van der Waals surface area contributed by atoms with Crippen LogP contribution < -0.4 is 0 Å². The van der Waals surface area contributed by atoms with E-state index in [-0.39, 0.29) is 5.41 Å². The summed E-state index contributed by atoms with van der Waals surface area (Å²) >= 11 is 4.75. The van der Waals surface area contributed by atoms with Gasteiger partial charge in [-0.05, 0) is 17.9 Å². The van der Waals surface area contributed by atoms with Crippen LogP contribution in [0.2, 0.25) is 0 Å². The van der Waals surface area contributed by atoms with Gasteiger partial charge in [0, 0.05) is 5.56 Å². The van der Waals surface area contributed by atoms with Crippen LogP contribution in [-0.4, -0.2) is 30.0 Å². The zero-order chi connectivity index (χ0) is 18.3. The van der Waals surface area contributed by atoms with Crippen LogP contribution in [0.5, 0.6) is 0 Å². The molecule has 26 heavy (non-hydrogen) atoms. The van der Waals surface area contributed by atoms with Crippen molar-refractivity contribution < 1.29 is 0 Å². The normalized spacial score (nSPS) is 12.2. The zero-order valence-electron chi connectivity index (χ0n) is 14.9. The Kier molecular flexibility index (Phi) is 4.54. The molecule has 0 saturated heterocycles. The van der Waals surface area contributed by atoms with Gasteiger partial charge >= 0.3 is 0 Å². The molecular formula is C17H18N6S3. The van der Waals surface area contributed by atoms with Crippen LogP contribution in [0.4, 0.5) is 0 Å². The summed E-state index contributed by atoms with van der Waals surface area (Å²) in [6.45, 7) is 8.60. The molecule has 4 rings (SSSR count). The molecule has 6 nitrogen and oxygen atoms in total. The predicted molar refractivity (Wildman–Crippen MR) is 107 cm³/mol. The molecule has 0 aliphatic heterocycles. The van der Waals surface area contributed by atoms with Crippen molar-refractivity contribution in [1.82, 2.24) is 30.0 Å². The van der Waals surface area contributed by atoms with Gasteiger partial charge in [-0.2, -0.15) is 9.61 Å². The Balaban J connectivity index is 1.57. The average molecular weight is 403 g/mol. The molecular weight excluding hydrogens is 384 g/mol. The van der Waals surface area contributed by atoms with Gasteiger partial charge in [0.15, 0.2) is 10.2 Å². The van der Waals surface area contributed by atoms with Crippen molar-refractivity contribution in [2.75, 3.05) is 0 Å². The monoisotopic (exact) mass is 402 g/mol. The maximum atomic E-state index is 4.72. The minimum atomic E-state index is 0.146. The Morgan fingerprint density at radius 1 is 1.00 bits per heavy atom.